The number of thiocarbonyl (C=S) groups is 1. The highest BCUT2D eigenvalue weighted by Crippen LogP contribution is 2.06. The lowest BCUT2D eigenvalue weighted by Crippen LogP contribution is -2.32. The van der Waals surface area contributed by atoms with Crippen molar-refractivity contribution in [3.8, 4) is 0 Å². The first-order valence-corrected chi connectivity index (χ1v) is 6.45. The topological polar surface area (TPSA) is 55.0 Å². The Balaban J connectivity index is 2.06. The standard InChI is InChI=1S/C14H16N4S/c15-14(19)11-18(9-12-5-1-3-7-16-12)10-13-6-2-4-8-17-13/h1-8H,9-11H2,(H2,15,19). The van der Waals surface area contributed by atoms with Crippen molar-refractivity contribution in [2.45, 2.75) is 13.1 Å². The highest BCUT2D eigenvalue weighted by atomic mass is 32.1. The molecule has 0 bridgehead atoms. The minimum Gasteiger partial charge on any atom is -0.392 e. The molecule has 0 atom stereocenters. The Hall–Kier alpha value is -1.85. The molecule has 2 aromatic heterocycles. The van der Waals surface area contributed by atoms with Gasteiger partial charge in [0.1, 0.15) is 0 Å². The first-order valence-electron chi connectivity index (χ1n) is 6.04. The van der Waals surface area contributed by atoms with Gasteiger partial charge in [0.25, 0.3) is 0 Å². The van der Waals surface area contributed by atoms with Crippen LogP contribution in [0.25, 0.3) is 0 Å². The zero-order valence-corrected chi connectivity index (χ0v) is 11.4. The fourth-order valence-corrected chi connectivity index (χ4v) is 2.01. The van der Waals surface area contributed by atoms with Crippen LogP contribution in [0.1, 0.15) is 11.4 Å². The number of nitrogens with zero attached hydrogens (tertiary/aromatic N) is 3. The summed E-state index contributed by atoms with van der Waals surface area (Å²) in [6.45, 7) is 1.96. The van der Waals surface area contributed by atoms with E-state index in [9.17, 15) is 0 Å². The maximum absolute atomic E-state index is 5.65. The highest BCUT2D eigenvalue weighted by Gasteiger charge is 2.09. The Morgan fingerprint density at radius 1 is 1.00 bits per heavy atom. The molecule has 19 heavy (non-hydrogen) atoms. The van der Waals surface area contributed by atoms with Crippen molar-refractivity contribution in [3.63, 3.8) is 0 Å². The van der Waals surface area contributed by atoms with E-state index < -0.39 is 0 Å². The second kappa shape index (κ2) is 6.92. The van der Waals surface area contributed by atoms with Gasteiger partial charge in [-0.2, -0.15) is 0 Å². The maximum atomic E-state index is 5.65. The third-order valence-electron chi connectivity index (χ3n) is 2.60. The smallest absolute Gasteiger partial charge is 0.0870 e. The quantitative estimate of drug-likeness (QED) is 0.812. The predicted molar refractivity (Wildman–Crippen MR) is 79.4 cm³/mol. The fraction of sp³-hybridized carbons (Fsp3) is 0.214. The Bertz CT molecular complexity index is 474. The van der Waals surface area contributed by atoms with Crippen LogP contribution in [0, 0.1) is 0 Å². The van der Waals surface area contributed by atoms with Crippen LogP contribution < -0.4 is 5.73 Å². The van der Waals surface area contributed by atoms with Crippen molar-refractivity contribution in [2.75, 3.05) is 6.54 Å². The Morgan fingerprint density at radius 2 is 1.53 bits per heavy atom. The van der Waals surface area contributed by atoms with E-state index in [-0.39, 0.29) is 0 Å². The number of aromatic nitrogens is 2. The van der Waals surface area contributed by atoms with Gasteiger partial charge in [0.05, 0.1) is 16.4 Å². The molecule has 0 fully saturated rings. The maximum Gasteiger partial charge on any atom is 0.0870 e. The molecule has 0 aliphatic rings. The molecule has 98 valence electrons. The van der Waals surface area contributed by atoms with Crippen LogP contribution in [0.4, 0.5) is 0 Å². The molecule has 0 saturated heterocycles. The average molecular weight is 272 g/mol. The van der Waals surface area contributed by atoms with Gasteiger partial charge in [-0.3, -0.25) is 14.9 Å². The first-order chi connectivity index (χ1) is 9.24. The van der Waals surface area contributed by atoms with E-state index in [2.05, 4.69) is 14.9 Å². The Morgan fingerprint density at radius 3 is 1.89 bits per heavy atom. The summed E-state index contributed by atoms with van der Waals surface area (Å²) in [5.41, 5.74) is 7.64. The summed E-state index contributed by atoms with van der Waals surface area (Å²) in [6, 6.07) is 11.7. The fourth-order valence-electron chi connectivity index (χ4n) is 1.83. The monoisotopic (exact) mass is 272 g/mol. The van der Waals surface area contributed by atoms with Crippen LogP contribution in [-0.2, 0) is 13.1 Å². The predicted octanol–water partition coefficient (Wildman–Crippen LogP) is 1.76. The lowest BCUT2D eigenvalue weighted by molar-refractivity contribution is 0.288. The van der Waals surface area contributed by atoms with Crippen molar-refractivity contribution >= 4 is 17.2 Å². The summed E-state index contributed by atoms with van der Waals surface area (Å²) >= 11 is 5.00. The van der Waals surface area contributed by atoms with Crippen LogP contribution in [0.5, 0.6) is 0 Å². The SMILES string of the molecule is NC(=S)CN(Cc1ccccn1)Cc1ccccn1. The molecule has 0 saturated carbocycles. The molecule has 0 spiro atoms. The second-order valence-corrected chi connectivity index (χ2v) is 4.78. The molecule has 5 heteroatoms. The second-order valence-electron chi connectivity index (χ2n) is 4.25. The van der Waals surface area contributed by atoms with E-state index in [1.807, 2.05) is 36.4 Å². The van der Waals surface area contributed by atoms with E-state index in [4.69, 9.17) is 18.0 Å². The van der Waals surface area contributed by atoms with Crippen LogP contribution in [0.2, 0.25) is 0 Å². The molecule has 0 amide bonds. The van der Waals surface area contributed by atoms with Crippen LogP contribution in [0.15, 0.2) is 48.8 Å². The van der Waals surface area contributed by atoms with Gasteiger partial charge in [0, 0.05) is 32.0 Å². The molecule has 2 aromatic rings. The van der Waals surface area contributed by atoms with Gasteiger partial charge in [-0.05, 0) is 24.3 Å². The third-order valence-corrected chi connectivity index (χ3v) is 2.73. The molecule has 0 aromatic carbocycles. The molecule has 0 aliphatic carbocycles. The number of hydrogen-bond acceptors (Lipinski definition) is 4. The normalized spacial score (nSPS) is 10.6. The average Bonchev–Trinajstić information content (AvgIpc) is 2.40. The van der Waals surface area contributed by atoms with Crippen molar-refractivity contribution in [3.05, 3.63) is 60.2 Å². The van der Waals surface area contributed by atoms with Crippen LogP contribution in [0.3, 0.4) is 0 Å². The molecule has 0 radical (unpaired) electrons. The summed E-state index contributed by atoms with van der Waals surface area (Å²) < 4.78 is 0. The molecule has 0 unspecified atom stereocenters. The van der Waals surface area contributed by atoms with E-state index in [0.717, 1.165) is 11.4 Å². The summed E-state index contributed by atoms with van der Waals surface area (Å²) in [4.78, 5) is 11.3. The largest absolute Gasteiger partial charge is 0.392 e. The van der Waals surface area contributed by atoms with Gasteiger partial charge >= 0.3 is 0 Å². The van der Waals surface area contributed by atoms with E-state index in [1.54, 1.807) is 12.4 Å². The van der Waals surface area contributed by atoms with E-state index >= 15 is 0 Å². The summed E-state index contributed by atoms with van der Waals surface area (Å²) in [6.07, 6.45) is 3.57. The summed E-state index contributed by atoms with van der Waals surface area (Å²) in [7, 11) is 0. The van der Waals surface area contributed by atoms with Crippen molar-refractivity contribution in [1.29, 1.82) is 0 Å². The van der Waals surface area contributed by atoms with Crippen molar-refractivity contribution in [2.24, 2.45) is 5.73 Å². The van der Waals surface area contributed by atoms with Crippen LogP contribution >= 0.6 is 12.2 Å². The van der Waals surface area contributed by atoms with Gasteiger partial charge in [-0.15, -0.1) is 0 Å². The van der Waals surface area contributed by atoms with E-state index in [0.29, 0.717) is 24.6 Å². The lowest BCUT2D eigenvalue weighted by atomic mass is 10.3. The Labute approximate surface area is 118 Å². The molecule has 4 nitrogen and oxygen atoms in total. The number of nitrogens with two attached hydrogens (primary N) is 1. The van der Waals surface area contributed by atoms with Crippen molar-refractivity contribution in [1.82, 2.24) is 14.9 Å². The lowest BCUT2D eigenvalue weighted by Gasteiger charge is -2.20. The minimum atomic E-state index is 0.479. The molecule has 2 heterocycles. The van der Waals surface area contributed by atoms with Crippen molar-refractivity contribution < 1.29 is 0 Å². The van der Waals surface area contributed by atoms with Gasteiger partial charge in [0.2, 0.25) is 0 Å². The highest BCUT2D eigenvalue weighted by molar-refractivity contribution is 7.80. The number of rotatable bonds is 6. The van der Waals surface area contributed by atoms with Gasteiger partial charge < -0.3 is 5.73 Å². The van der Waals surface area contributed by atoms with Crippen LogP contribution in [-0.4, -0.2) is 26.4 Å². The summed E-state index contributed by atoms with van der Waals surface area (Å²) in [5, 5.41) is 0. The summed E-state index contributed by atoms with van der Waals surface area (Å²) in [5.74, 6) is 0. The molecule has 0 aliphatic heterocycles. The first kappa shape index (κ1) is 13.6. The zero-order valence-electron chi connectivity index (χ0n) is 10.6. The Kier molecular flexibility index (Phi) is 4.94. The minimum absolute atomic E-state index is 0.479. The molecular formula is C14H16N4S. The number of pyridine rings is 2. The number of hydrogen-bond donors (Lipinski definition) is 1. The van der Waals surface area contributed by atoms with Gasteiger partial charge in [0.15, 0.2) is 0 Å². The third kappa shape index (κ3) is 4.73. The molecule has 2 rings (SSSR count). The molecular weight excluding hydrogens is 256 g/mol. The van der Waals surface area contributed by atoms with Gasteiger partial charge in [-0.1, -0.05) is 24.4 Å². The van der Waals surface area contributed by atoms with Gasteiger partial charge in [-0.25, -0.2) is 0 Å². The molecule has 2 N–H and O–H groups in total. The van der Waals surface area contributed by atoms with E-state index in [1.165, 1.54) is 0 Å². The zero-order chi connectivity index (χ0) is 13.5.